The summed E-state index contributed by atoms with van der Waals surface area (Å²) in [6.45, 7) is 0. The third-order valence-electron chi connectivity index (χ3n) is 2.24. The molecule has 1 heterocycles. The number of nitro groups is 1. The highest BCUT2D eigenvalue weighted by Crippen LogP contribution is 2.41. The van der Waals surface area contributed by atoms with Gasteiger partial charge in [0.05, 0.1) is 17.3 Å². The summed E-state index contributed by atoms with van der Waals surface area (Å²) in [5, 5.41) is 11.0. The molecule has 5 nitrogen and oxygen atoms in total. The van der Waals surface area contributed by atoms with Crippen LogP contribution in [0.1, 0.15) is 0 Å². The van der Waals surface area contributed by atoms with Crippen LogP contribution in [0.5, 0.6) is 5.75 Å². The number of rotatable bonds is 3. The van der Waals surface area contributed by atoms with Gasteiger partial charge in [-0.3, -0.25) is 10.1 Å². The molecule has 0 unspecified atom stereocenters. The van der Waals surface area contributed by atoms with Crippen molar-refractivity contribution in [2.45, 2.75) is 6.36 Å². The van der Waals surface area contributed by atoms with E-state index in [9.17, 15) is 23.3 Å². The Morgan fingerprint density at radius 3 is 2.55 bits per heavy atom. The van der Waals surface area contributed by atoms with Crippen LogP contribution < -0.4 is 4.74 Å². The third kappa shape index (κ3) is 3.10. The lowest BCUT2D eigenvalue weighted by Gasteiger charge is -2.10. The number of halogens is 4. The first-order valence-corrected chi connectivity index (χ1v) is 5.85. The van der Waals surface area contributed by atoms with Crippen LogP contribution in [0.15, 0.2) is 39.4 Å². The molecule has 0 saturated carbocycles. The first kappa shape index (κ1) is 14.4. The highest BCUT2D eigenvalue weighted by atomic mass is 79.9. The summed E-state index contributed by atoms with van der Waals surface area (Å²) in [5.74, 6) is -0.534. The normalized spacial score (nSPS) is 11.4. The molecule has 0 spiro atoms. The van der Waals surface area contributed by atoms with Crippen molar-refractivity contribution >= 4 is 21.6 Å². The van der Waals surface area contributed by atoms with E-state index in [1.54, 1.807) is 0 Å². The molecule has 0 aliphatic rings. The van der Waals surface area contributed by atoms with Gasteiger partial charge in [0.25, 0.3) is 5.69 Å². The number of nitro benzene ring substituents is 1. The van der Waals surface area contributed by atoms with E-state index in [-0.39, 0.29) is 15.8 Å². The largest absolute Gasteiger partial charge is 0.573 e. The van der Waals surface area contributed by atoms with Crippen molar-refractivity contribution in [3.63, 3.8) is 0 Å². The molecule has 1 aromatic carbocycles. The Labute approximate surface area is 118 Å². The fourth-order valence-corrected chi connectivity index (χ4v) is 2.19. The maximum Gasteiger partial charge on any atom is 0.573 e. The van der Waals surface area contributed by atoms with Crippen LogP contribution in [0.3, 0.4) is 0 Å². The van der Waals surface area contributed by atoms with Crippen LogP contribution in [0.25, 0.3) is 11.3 Å². The summed E-state index contributed by atoms with van der Waals surface area (Å²) >= 11 is 2.98. The Morgan fingerprint density at radius 2 is 2.05 bits per heavy atom. The first-order valence-electron chi connectivity index (χ1n) is 5.05. The maximum atomic E-state index is 12.2. The van der Waals surface area contributed by atoms with Crippen LogP contribution in [0, 0.1) is 10.1 Å². The Bertz CT molecular complexity index is 640. The highest BCUT2D eigenvalue weighted by molar-refractivity contribution is 9.10. The molecular formula is C11H5BrF3NO4. The van der Waals surface area contributed by atoms with Crippen molar-refractivity contribution in [3.8, 4) is 17.1 Å². The van der Waals surface area contributed by atoms with Gasteiger partial charge in [0, 0.05) is 4.47 Å². The van der Waals surface area contributed by atoms with Gasteiger partial charge in [-0.2, -0.15) is 0 Å². The molecule has 0 N–H and O–H groups in total. The van der Waals surface area contributed by atoms with Crippen molar-refractivity contribution < 1.29 is 27.2 Å². The van der Waals surface area contributed by atoms with Gasteiger partial charge < -0.3 is 9.15 Å². The highest BCUT2D eigenvalue weighted by Gasteiger charge is 2.33. The topological polar surface area (TPSA) is 65.5 Å². The zero-order valence-electron chi connectivity index (χ0n) is 9.48. The van der Waals surface area contributed by atoms with Gasteiger partial charge in [0.1, 0.15) is 17.1 Å². The summed E-state index contributed by atoms with van der Waals surface area (Å²) in [5.41, 5.74) is -0.525. The van der Waals surface area contributed by atoms with Gasteiger partial charge in [-0.15, -0.1) is 13.2 Å². The molecular weight excluding hydrogens is 347 g/mol. The number of ether oxygens (including phenoxy) is 1. The third-order valence-corrected chi connectivity index (χ3v) is 2.87. The lowest BCUT2D eigenvalue weighted by Crippen LogP contribution is -2.17. The lowest BCUT2D eigenvalue weighted by molar-refractivity contribution is -0.384. The van der Waals surface area contributed by atoms with Crippen LogP contribution >= 0.6 is 15.9 Å². The fourth-order valence-electron chi connectivity index (χ4n) is 1.57. The van der Waals surface area contributed by atoms with E-state index in [0.29, 0.717) is 6.07 Å². The summed E-state index contributed by atoms with van der Waals surface area (Å²) in [6, 6.07) is 4.64. The summed E-state index contributed by atoms with van der Waals surface area (Å²) in [4.78, 5) is 10.2. The summed E-state index contributed by atoms with van der Waals surface area (Å²) < 4.78 is 45.2. The molecule has 0 aliphatic heterocycles. The number of alkyl halides is 3. The van der Waals surface area contributed by atoms with Crippen molar-refractivity contribution in [3.05, 3.63) is 45.1 Å². The minimum absolute atomic E-state index is 0.0366. The van der Waals surface area contributed by atoms with Crippen molar-refractivity contribution in [1.29, 1.82) is 0 Å². The maximum absolute atomic E-state index is 12.2. The van der Waals surface area contributed by atoms with Gasteiger partial charge in [-0.05, 0) is 34.1 Å². The Morgan fingerprint density at radius 1 is 1.35 bits per heavy atom. The number of hydrogen-bond acceptors (Lipinski definition) is 4. The average molecular weight is 352 g/mol. The van der Waals surface area contributed by atoms with Crippen molar-refractivity contribution in [2.24, 2.45) is 0 Å². The Balaban J connectivity index is 2.57. The monoisotopic (exact) mass is 351 g/mol. The molecule has 20 heavy (non-hydrogen) atoms. The minimum atomic E-state index is -4.93. The quantitative estimate of drug-likeness (QED) is 0.602. The van der Waals surface area contributed by atoms with Gasteiger partial charge in [0.15, 0.2) is 0 Å². The van der Waals surface area contributed by atoms with Gasteiger partial charge in [0.2, 0.25) is 0 Å². The van der Waals surface area contributed by atoms with E-state index in [1.807, 2.05) is 0 Å². The van der Waals surface area contributed by atoms with Crippen molar-refractivity contribution in [1.82, 2.24) is 0 Å². The zero-order valence-corrected chi connectivity index (χ0v) is 11.1. The first-order chi connectivity index (χ1) is 9.28. The van der Waals surface area contributed by atoms with Crippen LogP contribution in [-0.2, 0) is 0 Å². The molecule has 9 heteroatoms. The molecule has 106 valence electrons. The smallest absolute Gasteiger partial charge is 0.464 e. The molecule has 0 bridgehead atoms. The van der Waals surface area contributed by atoms with E-state index in [2.05, 4.69) is 20.7 Å². The minimum Gasteiger partial charge on any atom is -0.464 e. The lowest BCUT2D eigenvalue weighted by atomic mass is 10.1. The molecule has 0 fully saturated rings. The molecule has 2 aromatic rings. The van der Waals surface area contributed by atoms with Gasteiger partial charge in [-0.25, -0.2) is 0 Å². The fraction of sp³-hybridized carbons (Fsp3) is 0.0909. The molecule has 1 aromatic heterocycles. The standard InChI is InChI=1S/C11H5BrF3NO4/c12-7-4-6(20-11(13,14)15)5-8(16(17)18)10(7)9-2-1-3-19-9/h1-5H. The van der Waals surface area contributed by atoms with E-state index >= 15 is 0 Å². The number of benzene rings is 1. The summed E-state index contributed by atoms with van der Waals surface area (Å²) in [7, 11) is 0. The van der Waals surface area contributed by atoms with E-state index in [0.717, 1.165) is 6.07 Å². The Kier molecular flexibility index (Phi) is 3.71. The van der Waals surface area contributed by atoms with Crippen LogP contribution in [0.2, 0.25) is 0 Å². The molecule has 2 rings (SSSR count). The second kappa shape index (κ2) is 5.16. The van der Waals surface area contributed by atoms with Gasteiger partial charge >= 0.3 is 6.36 Å². The Hall–Kier alpha value is -2.03. The summed E-state index contributed by atoms with van der Waals surface area (Å²) in [6.07, 6.45) is -3.63. The van der Waals surface area contributed by atoms with Crippen LogP contribution in [0.4, 0.5) is 18.9 Å². The van der Waals surface area contributed by atoms with E-state index in [1.165, 1.54) is 18.4 Å². The van der Waals surface area contributed by atoms with E-state index < -0.39 is 22.7 Å². The van der Waals surface area contributed by atoms with Crippen molar-refractivity contribution in [2.75, 3.05) is 0 Å². The second-order valence-corrected chi connectivity index (χ2v) is 4.44. The molecule has 0 saturated heterocycles. The number of nitrogens with zero attached hydrogens (tertiary/aromatic N) is 1. The second-order valence-electron chi connectivity index (χ2n) is 3.58. The van der Waals surface area contributed by atoms with Gasteiger partial charge in [-0.1, -0.05) is 0 Å². The molecule has 0 aliphatic carbocycles. The SMILES string of the molecule is O=[N+]([O-])c1cc(OC(F)(F)F)cc(Br)c1-c1ccco1. The zero-order chi connectivity index (χ0) is 14.9. The number of furan rings is 1. The average Bonchev–Trinajstić information content (AvgIpc) is 2.78. The predicted molar refractivity (Wildman–Crippen MR) is 65.2 cm³/mol. The van der Waals surface area contributed by atoms with E-state index in [4.69, 9.17) is 4.42 Å². The van der Waals surface area contributed by atoms with Crippen LogP contribution in [-0.4, -0.2) is 11.3 Å². The predicted octanol–water partition coefficient (Wildman–Crippen LogP) is 4.52. The number of hydrogen-bond donors (Lipinski definition) is 0. The molecule has 0 atom stereocenters. The molecule has 0 radical (unpaired) electrons. The molecule has 0 amide bonds.